The molecule has 0 fully saturated rings. The van der Waals surface area contributed by atoms with Gasteiger partial charge in [0, 0.05) is 6.21 Å². The van der Waals surface area contributed by atoms with Crippen LogP contribution in [0.3, 0.4) is 0 Å². The second kappa shape index (κ2) is 7.04. The molecule has 7 nitrogen and oxygen atoms in total. The molecule has 0 heterocycles. The normalized spacial score (nSPS) is 15.2. The van der Waals surface area contributed by atoms with Crippen LogP contribution in [0.15, 0.2) is 4.99 Å². The van der Waals surface area contributed by atoms with Gasteiger partial charge < -0.3 is 5.11 Å². The van der Waals surface area contributed by atoms with E-state index in [9.17, 15) is 16.8 Å². The van der Waals surface area contributed by atoms with E-state index in [-0.39, 0.29) is 18.7 Å². The SMILES string of the molecule is CCCS(=O)(=O)OS(=O)(=O)CC=NCC(C)O. The van der Waals surface area contributed by atoms with Gasteiger partial charge in [-0.3, -0.25) is 4.99 Å². The first-order chi connectivity index (χ1) is 7.68. The second-order valence-corrected chi connectivity index (χ2v) is 6.97. The molecule has 0 aliphatic carbocycles. The summed E-state index contributed by atoms with van der Waals surface area (Å²) >= 11 is 0. The lowest BCUT2D eigenvalue weighted by atomic mass is 10.4. The van der Waals surface area contributed by atoms with E-state index in [1.165, 1.54) is 6.92 Å². The fraction of sp³-hybridized carbons (Fsp3) is 0.875. The third-order valence-electron chi connectivity index (χ3n) is 1.44. The van der Waals surface area contributed by atoms with Crippen molar-refractivity contribution in [2.75, 3.05) is 18.1 Å². The zero-order valence-electron chi connectivity index (χ0n) is 9.74. The topological polar surface area (TPSA) is 110 Å². The summed E-state index contributed by atoms with van der Waals surface area (Å²) in [5.41, 5.74) is 0. The highest BCUT2D eigenvalue weighted by Crippen LogP contribution is 2.03. The number of rotatable bonds is 8. The van der Waals surface area contributed by atoms with Gasteiger partial charge in [-0.25, -0.2) is 0 Å². The van der Waals surface area contributed by atoms with Gasteiger partial charge in [0.05, 0.1) is 18.4 Å². The molecular formula is C8H17NO6S2. The largest absolute Gasteiger partial charge is 0.391 e. The monoisotopic (exact) mass is 287 g/mol. The van der Waals surface area contributed by atoms with Crippen molar-refractivity contribution < 1.29 is 25.6 Å². The fourth-order valence-electron chi connectivity index (χ4n) is 0.841. The molecule has 0 aliphatic rings. The van der Waals surface area contributed by atoms with Gasteiger partial charge in [-0.1, -0.05) is 6.92 Å². The third kappa shape index (κ3) is 9.22. The summed E-state index contributed by atoms with van der Waals surface area (Å²) in [6.45, 7) is 3.14. The fourth-order valence-corrected chi connectivity index (χ4v) is 3.39. The van der Waals surface area contributed by atoms with E-state index in [1.807, 2.05) is 0 Å². The van der Waals surface area contributed by atoms with Gasteiger partial charge in [0.2, 0.25) is 0 Å². The summed E-state index contributed by atoms with van der Waals surface area (Å²) in [5, 5.41) is 8.85. The number of hydrogen-bond donors (Lipinski definition) is 1. The van der Waals surface area contributed by atoms with Gasteiger partial charge in [0.1, 0.15) is 5.75 Å². The predicted molar refractivity (Wildman–Crippen MR) is 64.0 cm³/mol. The number of aliphatic imine (C=N–C) groups is 1. The van der Waals surface area contributed by atoms with E-state index in [0.717, 1.165) is 6.21 Å². The Kier molecular flexibility index (Phi) is 6.83. The average molecular weight is 287 g/mol. The molecule has 0 aliphatic heterocycles. The van der Waals surface area contributed by atoms with Crippen molar-refractivity contribution in [3.05, 3.63) is 0 Å². The van der Waals surface area contributed by atoms with Crippen molar-refractivity contribution in [2.45, 2.75) is 26.4 Å². The Hall–Kier alpha value is -0.510. The van der Waals surface area contributed by atoms with Crippen LogP contribution in [-0.2, 0) is 23.9 Å². The van der Waals surface area contributed by atoms with Crippen molar-refractivity contribution in [3.63, 3.8) is 0 Å². The van der Waals surface area contributed by atoms with Crippen LogP contribution in [0, 0.1) is 0 Å². The molecule has 9 heteroatoms. The van der Waals surface area contributed by atoms with E-state index in [2.05, 4.69) is 8.62 Å². The molecule has 0 amide bonds. The Labute approximate surface area is 102 Å². The Bertz CT molecular complexity index is 437. The van der Waals surface area contributed by atoms with E-state index in [4.69, 9.17) is 5.11 Å². The summed E-state index contributed by atoms with van der Waals surface area (Å²) in [7, 11) is -8.22. The highest BCUT2D eigenvalue weighted by molar-refractivity contribution is 8.00. The third-order valence-corrected chi connectivity index (χ3v) is 4.56. The van der Waals surface area contributed by atoms with Crippen LogP contribution in [0.25, 0.3) is 0 Å². The molecule has 1 unspecified atom stereocenters. The predicted octanol–water partition coefficient (Wildman–Crippen LogP) is -0.476. The number of aliphatic hydroxyl groups excluding tert-OH is 1. The van der Waals surface area contributed by atoms with Crippen molar-refractivity contribution >= 4 is 26.5 Å². The number of nitrogens with zero attached hydrogens (tertiary/aromatic N) is 1. The molecule has 0 aromatic carbocycles. The van der Waals surface area contributed by atoms with Crippen LogP contribution < -0.4 is 0 Å². The van der Waals surface area contributed by atoms with Gasteiger partial charge >= 0.3 is 0 Å². The van der Waals surface area contributed by atoms with Crippen LogP contribution in [0.1, 0.15) is 20.3 Å². The van der Waals surface area contributed by atoms with Crippen molar-refractivity contribution in [2.24, 2.45) is 4.99 Å². The summed E-state index contributed by atoms with van der Waals surface area (Å²) in [5.74, 6) is -0.986. The Morgan fingerprint density at radius 2 is 1.88 bits per heavy atom. The van der Waals surface area contributed by atoms with Crippen LogP contribution in [0.5, 0.6) is 0 Å². The first-order valence-electron chi connectivity index (χ1n) is 5.01. The molecule has 0 radical (unpaired) electrons. The zero-order valence-corrected chi connectivity index (χ0v) is 11.4. The molecular weight excluding hydrogens is 270 g/mol. The van der Waals surface area contributed by atoms with E-state index < -0.39 is 32.1 Å². The maximum atomic E-state index is 11.2. The first-order valence-corrected chi connectivity index (χ1v) is 8.17. The van der Waals surface area contributed by atoms with Gasteiger partial charge in [-0.05, 0) is 13.3 Å². The molecule has 0 aromatic heterocycles. The number of aliphatic hydroxyl groups is 1. The molecule has 0 rings (SSSR count). The lowest BCUT2D eigenvalue weighted by Crippen LogP contribution is -2.19. The summed E-state index contributed by atoms with van der Waals surface area (Å²) in [4.78, 5) is 3.60. The Balaban J connectivity index is 4.36. The average Bonchev–Trinajstić information content (AvgIpc) is 2.10. The lowest BCUT2D eigenvalue weighted by Gasteiger charge is -2.02. The maximum absolute atomic E-state index is 11.2. The summed E-state index contributed by atoms with van der Waals surface area (Å²) < 4.78 is 48.7. The van der Waals surface area contributed by atoms with Gasteiger partial charge in [-0.15, -0.1) is 3.63 Å². The van der Waals surface area contributed by atoms with E-state index >= 15 is 0 Å². The quantitative estimate of drug-likeness (QED) is 0.604. The molecule has 1 atom stereocenters. The molecule has 0 bridgehead atoms. The Morgan fingerprint density at radius 3 is 2.35 bits per heavy atom. The second-order valence-electron chi connectivity index (χ2n) is 3.45. The molecule has 17 heavy (non-hydrogen) atoms. The van der Waals surface area contributed by atoms with Crippen molar-refractivity contribution in [3.8, 4) is 0 Å². The van der Waals surface area contributed by atoms with Crippen LogP contribution in [-0.4, -0.2) is 52.3 Å². The molecule has 102 valence electrons. The minimum Gasteiger partial charge on any atom is -0.391 e. The van der Waals surface area contributed by atoms with Crippen LogP contribution in [0.4, 0.5) is 0 Å². The summed E-state index contributed by atoms with van der Waals surface area (Å²) in [6, 6.07) is 0. The van der Waals surface area contributed by atoms with Gasteiger partial charge in [0.25, 0.3) is 20.2 Å². The van der Waals surface area contributed by atoms with E-state index in [0.29, 0.717) is 0 Å². The van der Waals surface area contributed by atoms with Crippen molar-refractivity contribution in [1.82, 2.24) is 0 Å². The van der Waals surface area contributed by atoms with Crippen LogP contribution >= 0.6 is 0 Å². The minimum atomic E-state index is -4.18. The molecule has 0 saturated heterocycles. The first kappa shape index (κ1) is 16.5. The smallest absolute Gasteiger partial charge is 0.286 e. The highest BCUT2D eigenvalue weighted by Gasteiger charge is 2.20. The minimum absolute atomic E-state index is 0.0528. The lowest BCUT2D eigenvalue weighted by molar-refractivity contribution is 0.204. The molecule has 0 saturated carbocycles. The summed E-state index contributed by atoms with van der Waals surface area (Å²) in [6.07, 6.45) is 0.594. The van der Waals surface area contributed by atoms with E-state index in [1.54, 1.807) is 6.92 Å². The van der Waals surface area contributed by atoms with Gasteiger partial charge in [-0.2, -0.15) is 16.8 Å². The highest BCUT2D eigenvalue weighted by atomic mass is 32.3. The standard InChI is InChI=1S/C8H17NO6S2/c1-3-5-16(11,12)15-17(13,14)6-4-9-7-8(2)10/h4,8,10H,3,5-7H2,1-2H3. The molecule has 0 aromatic rings. The van der Waals surface area contributed by atoms with Crippen molar-refractivity contribution in [1.29, 1.82) is 0 Å². The van der Waals surface area contributed by atoms with Crippen LogP contribution in [0.2, 0.25) is 0 Å². The zero-order chi connectivity index (χ0) is 13.5. The Morgan fingerprint density at radius 1 is 1.29 bits per heavy atom. The number of hydrogen-bond acceptors (Lipinski definition) is 7. The molecule has 1 N–H and O–H groups in total. The molecule has 0 spiro atoms. The maximum Gasteiger partial charge on any atom is 0.286 e. The van der Waals surface area contributed by atoms with Gasteiger partial charge in [0.15, 0.2) is 0 Å².